The minimum absolute atomic E-state index is 0.0340. The van der Waals surface area contributed by atoms with E-state index in [1.54, 1.807) is 4.90 Å². The molecule has 4 aliphatic rings. The van der Waals surface area contributed by atoms with E-state index in [-0.39, 0.29) is 6.04 Å². The van der Waals surface area contributed by atoms with Crippen LogP contribution in [0.2, 0.25) is 0 Å². The van der Waals surface area contributed by atoms with E-state index in [1.807, 2.05) is 24.3 Å². The normalized spacial score (nSPS) is 26.9. The lowest BCUT2D eigenvalue weighted by atomic mass is 9.82. The molecule has 0 radical (unpaired) electrons. The Labute approximate surface area is 168 Å². The summed E-state index contributed by atoms with van der Waals surface area (Å²) < 4.78 is 27.3. The zero-order chi connectivity index (χ0) is 20.2. The largest absolute Gasteiger partial charge is 0.465 e. The smallest absolute Gasteiger partial charge is 0.408 e. The maximum atomic E-state index is 14.1. The number of benzene rings is 2. The van der Waals surface area contributed by atoms with Crippen LogP contribution in [-0.2, 0) is 5.54 Å². The zero-order valence-corrected chi connectivity index (χ0v) is 16.2. The van der Waals surface area contributed by atoms with Gasteiger partial charge in [0.25, 0.3) is 0 Å². The monoisotopic (exact) mass is 398 g/mol. The highest BCUT2D eigenvalue weighted by molar-refractivity contribution is 5.69. The Morgan fingerprint density at radius 2 is 1.76 bits per heavy atom. The summed E-state index contributed by atoms with van der Waals surface area (Å²) in [6, 6.07) is 11.0. The van der Waals surface area contributed by atoms with Crippen LogP contribution < -0.4 is 0 Å². The maximum absolute atomic E-state index is 14.1. The van der Waals surface area contributed by atoms with Crippen LogP contribution in [0.5, 0.6) is 0 Å². The number of amides is 1. The van der Waals surface area contributed by atoms with E-state index in [1.165, 1.54) is 12.1 Å². The van der Waals surface area contributed by atoms with Crippen molar-refractivity contribution < 1.29 is 18.7 Å². The van der Waals surface area contributed by atoms with Crippen molar-refractivity contribution in [3.63, 3.8) is 0 Å². The second-order valence-electron chi connectivity index (χ2n) is 8.59. The predicted molar refractivity (Wildman–Crippen MR) is 106 cm³/mol. The number of hydrogen-bond acceptors (Lipinski definition) is 2. The molecule has 29 heavy (non-hydrogen) atoms. The number of carboxylic acid groups (broad SMARTS) is 1. The van der Waals surface area contributed by atoms with Gasteiger partial charge in [-0.3, -0.25) is 4.90 Å². The molecule has 0 aromatic heterocycles. The molecule has 4 fully saturated rings. The van der Waals surface area contributed by atoms with Crippen LogP contribution in [0.25, 0.3) is 11.1 Å². The molecule has 2 aromatic rings. The molecular weight excluding hydrogens is 374 g/mol. The minimum Gasteiger partial charge on any atom is -0.465 e. The van der Waals surface area contributed by atoms with E-state index in [0.717, 1.165) is 56.9 Å². The van der Waals surface area contributed by atoms with Crippen LogP contribution in [0.4, 0.5) is 13.6 Å². The van der Waals surface area contributed by atoms with Crippen LogP contribution in [0.15, 0.2) is 42.5 Å². The Morgan fingerprint density at radius 1 is 1.07 bits per heavy atom. The van der Waals surface area contributed by atoms with Gasteiger partial charge in [0.15, 0.2) is 0 Å². The van der Waals surface area contributed by atoms with Gasteiger partial charge in [-0.2, -0.15) is 0 Å². The lowest BCUT2D eigenvalue weighted by Gasteiger charge is -2.50. The number of hydrogen-bond donors (Lipinski definition) is 1. The lowest BCUT2D eigenvalue weighted by Crippen LogP contribution is -2.61. The van der Waals surface area contributed by atoms with Gasteiger partial charge in [-0.15, -0.1) is 0 Å². The summed E-state index contributed by atoms with van der Waals surface area (Å²) >= 11 is 0. The third kappa shape index (κ3) is 3.10. The molecule has 3 saturated heterocycles. The highest BCUT2D eigenvalue weighted by Crippen LogP contribution is 2.54. The van der Waals surface area contributed by atoms with E-state index < -0.39 is 23.3 Å². The number of halogens is 2. The number of nitrogens with zero attached hydrogens (tertiary/aromatic N) is 2. The van der Waals surface area contributed by atoms with E-state index in [2.05, 4.69) is 4.90 Å². The number of rotatable bonds is 4. The van der Waals surface area contributed by atoms with Gasteiger partial charge in [-0.1, -0.05) is 24.3 Å². The van der Waals surface area contributed by atoms with Crippen LogP contribution in [0.3, 0.4) is 0 Å². The molecule has 1 aliphatic carbocycles. The minimum atomic E-state index is -0.852. The first-order valence-electron chi connectivity index (χ1n) is 10.3. The first-order valence-corrected chi connectivity index (χ1v) is 10.3. The van der Waals surface area contributed by atoms with Crippen molar-refractivity contribution in [3.8, 4) is 11.1 Å². The molecule has 3 heterocycles. The van der Waals surface area contributed by atoms with Crippen molar-refractivity contribution in [3.05, 3.63) is 59.7 Å². The molecule has 6 rings (SSSR count). The fourth-order valence-corrected chi connectivity index (χ4v) is 5.34. The van der Waals surface area contributed by atoms with E-state index >= 15 is 0 Å². The Kier molecular flexibility index (Phi) is 4.35. The average molecular weight is 398 g/mol. The Hall–Kier alpha value is -2.47. The van der Waals surface area contributed by atoms with Gasteiger partial charge >= 0.3 is 6.09 Å². The summed E-state index contributed by atoms with van der Waals surface area (Å²) in [7, 11) is 0. The van der Waals surface area contributed by atoms with E-state index in [0.29, 0.717) is 17.0 Å². The molecular formula is C23H24F2N2O2. The Bertz CT molecular complexity index is 934. The van der Waals surface area contributed by atoms with Crippen LogP contribution >= 0.6 is 0 Å². The molecule has 3 aliphatic heterocycles. The van der Waals surface area contributed by atoms with Crippen LogP contribution in [0, 0.1) is 17.6 Å². The van der Waals surface area contributed by atoms with Crippen molar-refractivity contribution in [2.45, 2.75) is 37.3 Å². The first kappa shape index (κ1) is 18.6. The van der Waals surface area contributed by atoms with Gasteiger partial charge in [-0.25, -0.2) is 13.6 Å². The number of fused-ring (bicyclic) bond motifs is 3. The summed E-state index contributed by atoms with van der Waals surface area (Å²) in [5, 5.41) is 10.1. The standard InChI is InChI=1S/C23H24F2N2O2/c24-18-5-6-19(20(25)13-18)15-1-3-17(4-2-15)23(9-10-23)27(22(28)29)21-14-26-11-7-16(21)8-12-26/h1-6,13,16,21H,7-12,14H2,(H,28,29). The summed E-state index contributed by atoms with van der Waals surface area (Å²) in [5.41, 5.74) is 1.49. The molecule has 2 bridgehead atoms. The van der Waals surface area contributed by atoms with Crippen molar-refractivity contribution >= 4 is 6.09 Å². The third-order valence-electron chi connectivity index (χ3n) is 7.01. The van der Waals surface area contributed by atoms with Crippen LogP contribution in [-0.4, -0.2) is 46.7 Å². The van der Waals surface area contributed by atoms with Gasteiger partial charge in [0.1, 0.15) is 11.6 Å². The fourth-order valence-electron chi connectivity index (χ4n) is 5.34. The van der Waals surface area contributed by atoms with Gasteiger partial charge in [0.05, 0.1) is 11.6 Å². The SMILES string of the molecule is O=C(O)N(C1CN2CCC1CC2)C1(c2ccc(-c3ccc(F)cc3F)cc2)CC1. The molecule has 6 heteroatoms. The van der Waals surface area contributed by atoms with Gasteiger partial charge in [0, 0.05) is 18.2 Å². The quantitative estimate of drug-likeness (QED) is 0.812. The zero-order valence-electron chi connectivity index (χ0n) is 16.2. The van der Waals surface area contributed by atoms with Gasteiger partial charge in [0.2, 0.25) is 0 Å². The number of piperidine rings is 3. The molecule has 0 spiro atoms. The second-order valence-corrected chi connectivity index (χ2v) is 8.59. The highest BCUT2D eigenvalue weighted by atomic mass is 19.1. The number of carbonyl (C=O) groups is 1. The summed E-state index contributed by atoms with van der Waals surface area (Å²) in [5.74, 6) is -0.770. The second kappa shape index (κ2) is 6.80. The van der Waals surface area contributed by atoms with Gasteiger partial charge in [-0.05, 0) is 68.0 Å². The van der Waals surface area contributed by atoms with Crippen molar-refractivity contribution in [2.75, 3.05) is 19.6 Å². The van der Waals surface area contributed by atoms with Crippen molar-refractivity contribution in [1.29, 1.82) is 0 Å². The fraction of sp³-hybridized carbons (Fsp3) is 0.435. The summed E-state index contributed by atoms with van der Waals surface area (Å²) in [4.78, 5) is 16.4. The average Bonchev–Trinajstić information content (AvgIpc) is 3.50. The maximum Gasteiger partial charge on any atom is 0.408 e. The third-order valence-corrected chi connectivity index (χ3v) is 7.01. The molecule has 4 nitrogen and oxygen atoms in total. The molecule has 1 amide bonds. The van der Waals surface area contributed by atoms with E-state index in [9.17, 15) is 18.7 Å². The summed E-state index contributed by atoms with van der Waals surface area (Å²) in [6.45, 7) is 2.96. The predicted octanol–water partition coefficient (Wildman–Crippen LogP) is 4.70. The molecule has 1 N–H and O–H groups in total. The highest BCUT2D eigenvalue weighted by Gasteiger charge is 2.56. The molecule has 1 atom stereocenters. The first-order chi connectivity index (χ1) is 14.0. The molecule has 1 saturated carbocycles. The van der Waals surface area contributed by atoms with Crippen LogP contribution in [0.1, 0.15) is 31.2 Å². The Morgan fingerprint density at radius 3 is 2.28 bits per heavy atom. The van der Waals surface area contributed by atoms with E-state index in [4.69, 9.17) is 0 Å². The summed E-state index contributed by atoms with van der Waals surface area (Å²) in [6.07, 6.45) is 2.90. The van der Waals surface area contributed by atoms with Crippen molar-refractivity contribution in [1.82, 2.24) is 9.80 Å². The lowest BCUT2D eigenvalue weighted by molar-refractivity contribution is -0.0131. The van der Waals surface area contributed by atoms with Crippen molar-refractivity contribution in [2.24, 2.45) is 5.92 Å². The molecule has 2 aromatic carbocycles. The topological polar surface area (TPSA) is 43.8 Å². The van der Waals surface area contributed by atoms with Gasteiger partial charge < -0.3 is 10.0 Å². The molecule has 1 unspecified atom stereocenters. The molecule has 152 valence electrons. The Balaban J connectivity index is 1.45.